The lowest BCUT2D eigenvalue weighted by molar-refractivity contribution is -0.308. The molecule has 23 heavy (non-hydrogen) atoms. The molecule has 7 nitrogen and oxygen atoms in total. The molecule has 1 aromatic carbocycles. The fourth-order valence-corrected chi connectivity index (χ4v) is 2.05. The summed E-state index contributed by atoms with van der Waals surface area (Å²) in [5, 5.41) is 13.9. The van der Waals surface area contributed by atoms with Crippen LogP contribution in [0.3, 0.4) is 0 Å². The molecule has 0 fully saturated rings. The molecule has 0 bridgehead atoms. The number of carboxylic acid groups (broad SMARTS) is 1. The van der Waals surface area contributed by atoms with Crippen molar-refractivity contribution in [1.29, 1.82) is 0 Å². The number of rotatable bonds is 7. The molecule has 1 heterocycles. The van der Waals surface area contributed by atoms with Gasteiger partial charge in [0.05, 0.1) is 12.0 Å². The highest BCUT2D eigenvalue weighted by molar-refractivity contribution is 5.83. The Bertz CT molecular complexity index is 766. The molecule has 7 heteroatoms. The van der Waals surface area contributed by atoms with E-state index in [1.54, 1.807) is 25.1 Å². The van der Waals surface area contributed by atoms with Gasteiger partial charge in [-0.05, 0) is 24.6 Å². The third kappa shape index (κ3) is 4.57. The van der Waals surface area contributed by atoms with E-state index in [0.29, 0.717) is 17.8 Å². The number of fused-ring (bicyclic) bond motifs is 1. The predicted molar refractivity (Wildman–Crippen MR) is 79.8 cm³/mol. The normalized spacial score (nSPS) is 11.9. The smallest absolute Gasteiger partial charge is 0.336 e. The van der Waals surface area contributed by atoms with Crippen LogP contribution in [0.15, 0.2) is 39.5 Å². The summed E-state index contributed by atoms with van der Waals surface area (Å²) in [6.45, 7) is 1.46. The van der Waals surface area contributed by atoms with Gasteiger partial charge in [-0.25, -0.2) is 4.79 Å². The van der Waals surface area contributed by atoms with Gasteiger partial charge in [-0.15, -0.1) is 0 Å². The van der Waals surface area contributed by atoms with Crippen LogP contribution in [0.5, 0.6) is 5.75 Å². The molecule has 0 aliphatic heterocycles. The van der Waals surface area contributed by atoms with Gasteiger partial charge in [-0.2, -0.15) is 0 Å². The number of hydrogen-bond donors (Lipinski definition) is 1. The van der Waals surface area contributed by atoms with Crippen molar-refractivity contribution >= 4 is 22.8 Å². The summed E-state index contributed by atoms with van der Waals surface area (Å²) in [6, 6.07) is 6.69. The van der Waals surface area contributed by atoms with Gasteiger partial charge in [0.25, 0.3) is 5.91 Å². The van der Waals surface area contributed by atoms with E-state index in [9.17, 15) is 19.5 Å². The van der Waals surface area contributed by atoms with E-state index in [4.69, 9.17) is 9.15 Å². The first kappa shape index (κ1) is 16.5. The third-order valence-electron chi connectivity index (χ3n) is 3.16. The Kier molecular flexibility index (Phi) is 5.35. The molecule has 0 unspecified atom stereocenters. The molecule has 0 aliphatic carbocycles. The molecule has 122 valence electrons. The standard InChI is InChI=1S/C16H17NO6/c1-2-3-12(16(20)21)17-14(18)9-22-11-6-4-10-5-7-15(19)23-13(10)8-11/h4-8,12H,2-3,9H2,1H3,(H,17,18)(H,20,21)/p-1/t12-/m1/s1. The van der Waals surface area contributed by atoms with Crippen LogP contribution in [0.1, 0.15) is 19.8 Å². The average Bonchev–Trinajstić information content (AvgIpc) is 2.52. The maximum atomic E-state index is 11.7. The second kappa shape index (κ2) is 7.44. The minimum Gasteiger partial charge on any atom is -0.548 e. The average molecular weight is 318 g/mol. The molecule has 2 rings (SSSR count). The second-order valence-electron chi connectivity index (χ2n) is 4.97. The summed E-state index contributed by atoms with van der Waals surface area (Å²) in [5.74, 6) is -1.56. The van der Waals surface area contributed by atoms with Crippen LogP contribution in [0.4, 0.5) is 0 Å². The van der Waals surface area contributed by atoms with E-state index in [1.807, 2.05) is 0 Å². The zero-order chi connectivity index (χ0) is 16.8. The lowest BCUT2D eigenvalue weighted by Crippen LogP contribution is -2.49. The number of amides is 1. The number of aliphatic carboxylic acids is 1. The zero-order valence-electron chi connectivity index (χ0n) is 12.5. The monoisotopic (exact) mass is 318 g/mol. The predicted octanol–water partition coefficient (Wildman–Crippen LogP) is 0.207. The minimum atomic E-state index is -1.33. The van der Waals surface area contributed by atoms with Gasteiger partial charge < -0.3 is 24.4 Å². The van der Waals surface area contributed by atoms with Crippen molar-refractivity contribution in [3.63, 3.8) is 0 Å². The van der Waals surface area contributed by atoms with Crippen LogP contribution in [0, 0.1) is 0 Å². The van der Waals surface area contributed by atoms with Crippen molar-refractivity contribution in [1.82, 2.24) is 5.32 Å². The van der Waals surface area contributed by atoms with Gasteiger partial charge in [0.15, 0.2) is 6.61 Å². The van der Waals surface area contributed by atoms with Gasteiger partial charge in [-0.3, -0.25) is 4.79 Å². The van der Waals surface area contributed by atoms with Crippen LogP contribution in [0.2, 0.25) is 0 Å². The molecule has 2 aromatic rings. The molecular formula is C16H16NO6-. The van der Waals surface area contributed by atoms with Crippen molar-refractivity contribution in [2.75, 3.05) is 6.61 Å². The van der Waals surface area contributed by atoms with E-state index in [1.165, 1.54) is 12.1 Å². The Morgan fingerprint density at radius 3 is 2.74 bits per heavy atom. The molecule has 1 atom stereocenters. The summed E-state index contributed by atoms with van der Waals surface area (Å²) in [7, 11) is 0. The number of carbonyl (C=O) groups excluding carboxylic acids is 2. The zero-order valence-corrected chi connectivity index (χ0v) is 12.5. The fourth-order valence-electron chi connectivity index (χ4n) is 2.05. The van der Waals surface area contributed by atoms with Crippen LogP contribution in [0.25, 0.3) is 11.0 Å². The van der Waals surface area contributed by atoms with Crippen LogP contribution >= 0.6 is 0 Å². The summed E-state index contributed by atoms with van der Waals surface area (Å²) in [5.41, 5.74) is -0.141. The number of benzene rings is 1. The van der Waals surface area contributed by atoms with Crippen molar-refractivity contribution < 1.29 is 23.8 Å². The second-order valence-corrected chi connectivity index (χ2v) is 4.97. The van der Waals surface area contributed by atoms with Crippen molar-refractivity contribution in [3.8, 4) is 5.75 Å². The van der Waals surface area contributed by atoms with E-state index in [0.717, 1.165) is 5.39 Å². The highest BCUT2D eigenvalue weighted by Crippen LogP contribution is 2.19. The molecule has 0 saturated carbocycles. The van der Waals surface area contributed by atoms with E-state index < -0.39 is 23.5 Å². The Balaban J connectivity index is 1.98. The number of nitrogens with one attached hydrogen (secondary N) is 1. The van der Waals surface area contributed by atoms with E-state index >= 15 is 0 Å². The van der Waals surface area contributed by atoms with Gasteiger partial charge in [0.1, 0.15) is 11.3 Å². The number of carbonyl (C=O) groups is 2. The van der Waals surface area contributed by atoms with Gasteiger partial charge in [0, 0.05) is 17.5 Å². The fraction of sp³-hybridized carbons (Fsp3) is 0.312. The van der Waals surface area contributed by atoms with Crippen LogP contribution in [-0.2, 0) is 9.59 Å². The lowest BCUT2D eigenvalue weighted by atomic mass is 10.2. The molecule has 1 N–H and O–H groups in total. The Morgan fingerprint density at radius 1 is 1.30 bits per heavy atom. The van der Waals surface area contributed by atoms with Gasteiger partial charge in [0.2, 0.25) is 0 Å². The molecule has 0 spiro atoms. The highest BCUT2D eigenvalue weighted by Gasteiger charge is 2.13. The molecule has 1 aromatic heterocycles. The molecule has 0 radical (unpaired) electrons. The van der Waals surface area contributed by atoms with E-state index in [2.05, 4.69) is 5.32 Å². The number of ether oxygens (including phenoxy) is 1. The molecule has 0 aliphatic rings. The summed E-state index contributed by atoms with van der Waals surface area (Å²) < 4.78 is 10.3. The van der Waals surface area contributed by atoms with Crippen molar-refractivity contribution in [3.05, 3.63) is 40.8 Å². The summed E-state index contributed by atoms with van der Waals surface area (Å²) in [6.07, 6.45) is 0.888. The largest absolute Gasteiger partial charge is 0.548 e. The van der Waals surface area contributed by atoms with Gasteiger partial charge >= 0.3 is 5.63 Å². The summed E-state index contributed by atoms with van der Waals surface area (Å²) in [4.78, 5) is 33.8. The Labute approximate surface area is 131 Å². The lowest BCUT2D eigenvalue weighted by Gasteiger charge is -2.19. The van der Waals surface area contributed by atoms with Crippen LogP contribution < -0.4 is 20.8 Å². The number of hydrogen-bond acceptors (Lipinski definition) is 6. The highest BCUT2D eigenvalue weighted by atomic mass is 16.5. The minimum absolute atomic E-state index is 0.287. The van der Waals surface area contributed by atoms with Crippen molar-refractivity contribution in [2.24, 2.45) is 0 Å². The SMILES string of the molecule is CCC[C@@H](NC(=O)COc1ccc2ccc(=O)oc2c1)C(=O)[O-]. The van der Waals surface area contributed by atoms with Crippen LogP contribution in [-0.4, -0.2) is 24.5 Å². The summed E-state index contributed by atoms with van der Waals surface area (Å²) >= 11 is 0. The third-order valence-corrected chi connectivity index (χ3v) is 3.16. The molecule has 1 amide bonds. The first-order valence-corrected chi connectivity index (χ1v) is 7.16. The maximum absolute atomic E-state index is 11.7. The number of carboxylic acids is 1. The van der Waals surface area contributed by atoms with E-state index in [-0.39, 0.29) is 13.0 Å². The maximum Gasteiger partial charge on any atom is 0.336 e. The quantitative estimate of drug-likeness (QED) is 0.731. The van der Waals surface area contributed by atoms with Crippen molar-refractivity contribution in [2.45, 2.75) is 25.8 Å². The Hall–Kier alpha value is -2.83. The van der Waals surface area contributed by atoms with Gasteiger partial charge in [-0.1, -0.05) is 13.3 Å². The topological polar surface area (TPSA) is 109 Å². The Morgan fingerprint density at radius 2 is 2.04 bits per heavy atom. The first-order valence-electron chi connectivity index (χ1n) is 7.16. The molecule has 0 saturated heterocycles. The first-order chi connectivity index (χ1) is 11.0. The molecular weight excluding hydrogens is 302 g/mol.